The summed E-state index contributed by atoms with van der Waals surface area (Å²) in [6.45, 7) is 0. The van der Waals surface area contributed by atoms with Crippen LogP contribution in [0.15, 0.2) is 0 Å². The van der Waals surface area contributed by atoms with Crippen LogP contribution in [0.4, 0.5) is 11.9 Å². The molecule has 1 heterocycles. The molecule has 2 fully saturated rings. The van der Waals surface area contributed by atoms with Crippen LogP contribution in [-0.2, 0) is 0 Å². The number of aromatic nitrogens is 3. The van der Waals surface area contributed by atoms with Gasteiger partial charge >= 0.3 is 0 Å². The minimum atomic E-state index is 0.356. The topological polar surface area (TPSA) is 67.9 Å². The largest absolute Gasteiger partial charge is 0.368 e. The predicted octanol–water partition coefficient (Wildman–Crippen LogP) is 0.930. The van der Waals surface area contributed by atoms with Gasteiger partial charge in [-0.05, 0) is 25.7 Å². The third kappa shape index (κ3) is 1.73. The second-order valence-corrected chi connectivity index (χ2v) is 4.47. The summed E-state index contributed by atoms with van der Waals surface area (Å²) < 4.78 is 0. The molecule has 5 heteroatoms. The molecule has 5 nitrogen and oxygen atoms in total. The van der Waals surface area contributed by atoms with E-state index in [2.05, 4.69) is 19.9 Å². The number of anilines is 2. The van der Waals surface area contributed by atoms with Crippen LogP contribution in [0.2, 0.25) is 0 Å². The number of rotatable bonds is 3. The molecule has 0 unspecified atom stereocenters. The van der Waals surface area contributed by atoms with Crippen LogP contribution in [0, 0.1) is 0 Å². The van der Waals surface area contributed by atoms with Crippen LogP contribution < -0.4 is 10.6 Å². The Balaban J connectivity index is 1.91. The number of nitrogens with two attached hydrogens (primary N) is 1. The summed E-state index contributed by atoms with van der Waals surface area (Å²) in [4.78, 5) is 15.0. The Kier molecular flexibility index (Phi) is 1.81. The minimum absolute atomic E-state index is 0.356. The Bertz CT molecular complexity index is 383. The molecule has 15 heavy (non-hydrogen) atoms. The average Bonchev–Trinajstić information content (AvgIpc) is 3.04. The van der Waals surface area contributed by atoms with E-state index in [1.165, 1.54) is 25.7 Å². The minimum Gasteiger partial charge on any atom is -0.368 e. The highest BCUT2D eigenvalue weighted by Gasteiger charge is 2.31. The summed E-state index contributed by atoms with van der Waals surface area (Å²) >= 11 is 0. The van der Waals surface area contributed by atoms with Gasteiger partial charge in [-0.3, -0.25) is 0 Å². The van der Waals surface area contributed by atoms with Crippen LogP contribution in [0.3, 0.4) is 0 Å². The van der Waals surface area contributed by atoms with E-state index in [1.807, 2.05) is 7.05 Å². The first-order valence-corrected chi connectivity index (χ1v) is 5.48. The van der Waals surface area contributed by atoms with Crippen LogP contribution in [0.5, 0.6) is 0 Å². The molecule has 0 aromatic carbocycles. The molecule has 0 spiro atoms. The van der Waals surface area contributed by atoms with Gasteiger partial charge in [0.15, 0.2) is 0 Å². The van der Waals surface area contributed by atoms with Gasteiger partial charge in [-0.15, -0.1) is 0 Å². The third-order valence-corrected chi connectivity index (χ3v) is 3.01. The van der Waals surface area contributed by atoms with Crippen molar-refractivity contribution in [3.8, 4) is 0 Å². The first-order chi connectivity index (χ1) is 7.24. The highest BCUT2D eigenvalue weighted by Crippen LogP contribution is 2.39. The Morgan fingerprint density at radius 2 is 1.87 bits per heavy atom. The van der Waals surface area contributed by atoms with Gasteiger partial charge in [0.1, 0.15) is 5.82 Å². The van der Waals surface area contributed by atoms with Crippen molar-refractivity contribution in [2.45, 2.75) is 37.6 Å². The van der Waals surface area contributed by atoms with Crippen LogP contribution in [0.25, 0.3) is 0 Å². The number of nitrogens with zero attached hydrogens (tertiary/aromatic N) is 4. The normalized spacial score (nSPS) is 20.3. The van der Waals surface area contributed by atoms with Crippen molar-refractivity contribution in [2.24, 2.45) is 0 Å². The molecule has 0 radical (unpaired) electrons. The second-order valence-electron chi connectivity index (χ2n) is 4.47. The number of hydrogen-bond acceptors (Lipinski definition) is 5. The van der Waals surface area contributed by atoms with Crippen LogP contribution in [-0.4, -0.2) is 28.0 Å². The highest BCUT2D eigenvalue weighted by atomic mass is 15.3. The Morgan fingerprint density at radius 3 is 2.47 bits per heavy atom. The molecule has 2 aliphatic carbocycles. The molecule has 2 N–H and O–H groups in total. The zero-order chi connectivity index (χ0) is 10.4. The van der Waals surface area contributed by atoms with Crippen molar-refractivity contribution in [3.63, 3.8) is 0 Å². The molecule has 2 saturated carbocycles. The van der Waals surface area contributed by atoms with Gasteiger partial charge in [0.25, 0.3) is 0 Å². The first kappa shape index (κ1) is 8.88. The lowest BCUT2D eigenvalue weighted by molar-refractivity contribution is 0.816. The number of hydrogen-bond donors (Lipinski definition) is 1. The maximum absolute atomic E-state index is 5.69. The predicted molar refractivity (Wildman–Crippen MR) is 57.6 cm³/mol. The zero-order valence-corrected chi connectivity index (χ0v) is 8.85. The van der Waals surface area contributed by atoms with Crippen molar-refractivity contribution >= 4 is 11.9 Å². The molecule has 0 atom stereocenters. The first-order valence-electron chi connectivity index (χ1n) is 5.48. The lowest BCUT2D eigenvalue weighted by atomic mass is 10.4. The maximum atomic E-state index is 5.69. The van der Waals surface area contributed by atoms with Gasteiger partial charge in [0.2, 0.25) is 11.9 Å². The molecule has 2 aliphatic rings. The molecular weight excluding hydrogens is 190 g/mol. The van der Waals surface area contributed by atoms with Gasteiger partial charge in [-0.1, -0.05) is 0 Å². The van der Waals surface area contributed by atoms with E-state index >= 15 is 0 Å². The van der Waals surface area contributed by atoms with Crippen molar-refractivity contribution in [1.82, 2.24) is 15.0 Å². The fourth-order valence-electron chi connectivity index (χ4n) is 1.70. The molecule has 80 valence electrons. The third-order valence-electron chi connectivity index (χ3n) is 3.01. The monoisotopic (exact) mass is 205 g/mol. The SMILES string of the molecule is CN(c1nc(N)nc(C2CC2)n1)C1CC1. The van der Waals surface area contributed by atoms with Gasteiger partial charge in [-0.2, -0.15) is 15.0 Å². The summed E-state index contributed by atoms with van der Waals surface area (Å²) in [5.41, 5.74) is 5.69. The van der Waals surface area contributed by atoms with Gasteiger partial charge < -0.3 is 10.6 Å². The van der Waals surface area contributed by atoms with Crippen molar-refractivity contribution in [2.75, 3.05) is 17.7 Å². The van der Waals surface area contributed by atoms with E-state index in [1.54, 1.807) is 0 Å². The summed E-state index contributed by atoms with van der Waals surface area (Å²) in [5.74, 6) is 2.51. The van der Waals surface area contributed by atoms with Gasteiger partial charge in [-0.25, -0.2) is 0 Å². The quantitative estimate of drug-likeness (QED) is 0.795. The molecule has 0 saturated heterocycles. The molecule has 0 bridgehead atoms. The van der Waals surface area contributed by atoms with E-state index in [0.29, 0.717) is 17.9 Å². The van der Waals surface area contributed by atoms with Crippen molar-refractivity contribution in [1.29, 1.82) is 0 Å². The van der Waals surface area contributed by atoms with Crippen LogP contribution in [0.1, 0.15) is 37.4 Å². The molecule has 0 amide bonds. The maximum Gasteiger partial charge on any atom is 0.230 e. The molecule has 3 rings (SSSR count). The average molecular weight is 205 g/mol. The van der Waals surface area contributed by atoms with E-state index in [9.17, 15) is 0 Å². The Morgan fingerprint density at radius 1 is 1.13 bits per heavy atom. The summed E-state index contributed by atoms with van der Waals surface area (Å²) in [7, 11) is 2.03. The summed E-state index contributed by atoms with van der Waals surface area (Å²) in [6.07, 6.45) is 4.85. The molecule has 0 aliphatic heterocycles. The Labute approximate surface area is 88.7 Å². The van der Waals surface area contributed by atoms with E-state index < -0.39 is 0 Å². The second kappa shape index (κ2) is 3.05. The molecular formula is C10H15N5. The molecule has 1 aromatic rings. The van der Waals surface area contributed by atoms with Crippen LogP contribution >= 0.6 is 0 Å². The van der Waals surface area contributed by atoms with E-state index in [0.717, 1.165) is 11.8 Å². The smallest absolute Gasteiger partial charge is 0.230 e. The fourth-order valence-corrected chi connectivity index (χ4v) is 1.70. The Hall–Kier alpha value is -1.39. The van der Waals surface area contributed by atoms with E-state index in [4.69, 9.17) is 5.73 Å². The lowest BCUT2D eigenvalue weighted by Crippen LogP contribution is -2.23. The van der Waals surface area contributed by atoms with Gasteiger partial charge in [0, 0.05) is 19.0 Å². The summed E-state index contributed by atoms with van der Waals surface area (Å²) in [5, 5.41) is 0. The van der Waals surface area contributed by atoms with Gasteiger partial charge in [0.05, 0.1) is 0 Å². The standard InChI is InChI=1S/C10H15N5/c1-15(7-4-5-7)10-13-8(6-2-3-6)12-9(11)14-10/h6-7H,2-5H2,1H3,(H2,11,12,13,14). The van der Waals surface area contributed by atoms with E-state index in [-0.39, 0.29) is 0 Å². The fraction of sp³-hybridized carbons (Fsp3) is 0.700. The van der Waals surface area contributed by atoms with Crippen molar-refractivity contribution in [3.05, 3.63) is 5.82 Å². The zero-order valence-electron chi connectivity index (χ0n) is 8.85. The number of nitrogen functional groups attached to an aromatic ring is 1. The highest BCUT2D eigenvalue weighted by molar-refractivity contribution is 5.37. The lowest BCUT2D eigenvalue weighted by Gasteiger charge is -2.16. The molecule has 1 aromatic heterocycles. The summed E-state index contributed by atoms with van der Waals surface area (Å²) in [6, 6.07) is 0.610. The van der Waals surface area contributed by atoms with Crippen molar-refractivity contribution < 1.29 is 0 Å².